The van der Waals surface area contributed by atoms with E-state index in [2.05, 4.69) is 31.6 Å². The van der Waals surface area contributed by atoms with Crippen molar-refractivity contribution in [2.75, 3.05) is 0 Å². The van der Waals surface area contributed by atoms with E-state index in [4.69, 9.17) is 46.2 Å². The lowest BCUT2D eigenvalue weighted by Gasteiger charge is -2.23. The van der Waals surface area contributed by atoms with E-state index in [0.717, 1.165) is 44.5 Å². The van der Waals surface area contributed by atoms with Gasteiger partial charge in [-0.1, -0.05) is 84.9 Å². The summed E-state index contributed by atoms with van der Waals surface area (Å²) in [7, 11) is 0. The maximum Gasteiger partial charge on any atom is 0.166 e. The summed E-state index contributed by atoms with van der Waals surface area (Å²) in [4.78, 5) is 0. The van der Waals surface area contributed by atoms with Gasteiger partial charge in [-0.3, -0.25) is 5.41 Å². The van der Waals surface area contributed by atoms with E-state index in [9.17, 15) is 0 Å². The quantitative estimate of drug-likeness (QED) is 0.0565. The summed E-state index contributed by atoms with van der Waals surface area (Å²) in [6.07, 6.45) is 5.28. The van der Waals surface area contributed by atoms with E-state index in [1.807, 2.05) is 84.9 Å². The van der Waals surface area contributed by atoms with Gasteiger partial charge < -0.3 is 39.5 Å². The number of hydrogen-bond acceptors (Lipinski definition) is 10. The first-order chi connectivity index (χ1) is 21.4. The molecule has 0 radical (unpaired) electrons. The number of hydrazone groups is 3. The number of hydrogen-bond donors (Lipinski definition) is 11. The molecule has 0 bridgehead atoms. The Morgan fingerprint density at radius 2 is 0.909 bits per heavy atom. The van der Waals surface area contributed by atoms with Gasteiger partial charge in [0.1, 0.15) is 11.7 Å². The Bertz CT molecular complexity index is 1680. The number of rotatable bonds is 8. The average molecular weight is 593 g/mol. The van der Waals surface area contributed by atoms with Crippen LogP contribution < -0.4 is 57.1 Å². The van der Waals surface area contributed by atoms with Gasteiger partial charge in [-0.05, 0) is 51.8 Å². The van der Waals surface area contributed by atoms with Crippen molar-refractivity contribution in [3.05, 3.63) is 129 Å². The van der Waals surface area contributed by atoms with Gasteiger partial charge in [0.2, 0.25) is 0 Å². The van der Waals surface area contributed by atoms with Crippen molar-refractivity contribution in [2.45, 2.75) is 12.8 Å². The Hall–Kier alpha value is -5.96. The molecule has 0 heterocycles. The highest BCUT2D eigenvalue weighted by Gasteiger charge is 2.21. The van der Waals surface area contributed by atoms with Gasteiger partial charge in [0.25, 0.3) is 0 Å². The molecule has 226 valence electrons. The largest absolute Gasteiger partial charge is 0.382 e. The molecule has 3 aromatic carbocycles. The summed E-state index contributed by atoms with van der Waals surface area (Å²) in [5, 5.41) is 19.2. The monoisotopic (exact) mass is 592 g/mol. The fraction of sp³-hybridized carbons (Fsp3) is 0.0667. The van der Waals surface area contributed by atoms with Crippen molar-refractivity contribution in [1.29, 1.82) is 5.41 Å². The molecule has 0 spiro atoms. The minimum Gasteiger partial charge on any atom is -0.382 e. The smallest absolute Gasteiger partial charge is 0.166 e. The van der Waals surface area contributed by atoms with E-state index in [0.29, 0.717) is 41.5 Å². The Labute approximate surface area is 254 Å². The third kappa shape index (κ3) is 6.57. The molecule has 0 atom stereocenters. The van der Waals surface area contributed by atoms with Crippen LogP contribution in [0.1, 0.15) is 46.2 Å². The number of benzene rings is 3. The van der Waals surface area contributed by atoms with Crippen molar-refractivity contribution < 1.29 is 0 Å². The number of nitrogens with zero attached hydrogens (tertiary/aromatic N) is 3. The summed E-state index contributed by atoms with van der Waals surface area (Å²) in [5.74, 6) is 34.3. The normalized spacial score (nSPS) is 14.7. The molecule has 3 aromatic rings. The third-order valence-electron chi connectivity index (χ3n) is 7.22. The fourth-order valence-electron chi connectivity index (χ4n) is 4.95. The third-order valence-corrected chi connectivity index (χ3v) is 7.22. The molecule has 4 rings (SSSR count). The number of nitrogens with one attached hydrogen (secondary N) is 4. The number of amidine groups is 4. The summed E-state index contributed by atoms with van der Waals surface area (Å²) in [6, 6.07) is 23.0. The second-order valence-electron chi connectivity index (χ2n) is 9.64. The minimum atomic E-state index is 0.0998. The van der Waals surface area contributed by atoms with E-state index in [-0.39, 0.29) is 5.84 Å². The van der Waals surface area contributed by atoms with Crippen LogP contribution in [0.25, 0.3) is 11.1 Å². The predicted octanol–water partition coefficient (Wildman–Crippen LogP) is 0.479. The van der Waals surface area contributed by atoms with Crippen molar-refractivity contribution in [2.24, 2.45) is 56.1 Å². The van der Waals surface area contributed by atoms with Crippen LogP contribution >= 0.6 is 0 Å². The Morgan fingerprint density at radius 1 is 0.523 bits per heavy atom. The van der Waals surface area contributed by atoms with E-state index in [1.165, 1.54) is 0 Å². The SMILES string of the molecule is N=C(NN)c1ccc(/C(=C(\C2=CC=C(/C(N)=N/N)CC2)c2ccc(/C(=N/N)NN)cc2)c2ccc(/C(=N/N)NN)cc2)cc1. The zero-order valence-corrected chi connectivity index (χ0v) is 23.9. The number of allylic oxidation sites excluding steroid dienone is 4. The Kier molecular flexibility index (Phi) is 10.1. The predicted molar refractivity (Wildman–Crippen MR) is 177 cm³/mol. The summed E-state index contributed by atoms with van der Waals surface area (Å²) < 4.78 is 0. The molecule has 14 heteroatoms. The van der Waals surface area contributed by atoms with Crippen LogP contribution in [-0.4, -0.2) is 23.3 Å². The topological polar surface area (TPSA) is 279 Å². The molecule has 0 saturated heterocycles. The molecular weight excluding hydrogens is 556 g/mol. The number of hydrazine groups is 3. The maximum atomic E-state index is 8.09. The van der Waals surface area contributed by atoms with E-state index in [1.54, 1.807) is 0 Å². The van der Waals surface area contributed by atoms with Crippen molar-refractivity contribution >= 4 is 34.5 Å². The fourth-order valence-corrected chi connectivity index (χ4v) is 4.95. The molecule has 44 heavy (non-hydrogen) atoms. The summed E-state index contributed by atoms with van der Waals surface area (Å²) in [6.45, 7) is 0. The molecule has 0 aromatic heterocycles. The van der Waals surface area contributed by atoms with Gasteiger partial charge in [-0.2, -0.15) is 15.3 Å². The van der Waals surface area contributed by atoms with Gasteiger partial charge in [0, 0.05) is 16.7 Å². The molecule has 1 aliphatic rings. The highest BCUT2D eigenvalue weighted by atomic mass is 15.3. The second-order valence-corrected chi connectivity index (χ2v) is 9.64. The highest BCUT2D eigenvalue weighted by molar-refractivity contribution is 6.07. The lowest BCUT2D eigenvalue weighted by atomic mass is 9.81. The van der Waals surface area contributed by atoms with E-state index < -0.39 is 0 Å². The molecule has 18 N–H and O–H groups in total. The Balaban J connectivity index is 2.03. The highest BCUT2D eigenvalue weighted by Crippen LogP contribution is 2.40. The van der Waals surface area contributed by atoms with Crippen LogP contribution in [0.15, 0.2) is 111 Å². The first-order valence-corrected chi connectivity index (χ1v) is 13.4. The maximum absolute atomic E-state index is 8.09. The van der Waals surface area contributed by atoms with Gasteiger partial charge in [0.05, 0.1) is 0 Å². The first kappa shape index (κ1) is 31.0. The standard InChI is InChI=1S/C30H36N14/c31-27(39-33)21-9-1-17(2-10-21)25(19-5-13-23(14-6-19)29(41-35)42-36)26(18-3-11-22(12-4-18)28(32)40-34)20-7-15-24(16-8-20)30(43-37)44-38/h1-3,5-11,13-16H,4,12,33-38H2,(H2,31,39)(H2,32,40)(H,41,42)(H,43,44)/b26-25-. The first-order valence-electron chi connectivity index (χ1n) is 13.4. The Morgan fingerprint density at radius 3 is 1.27 bits per heavy atom. The molecule has 0 unspecified atom stereocenters. The summed E-state index contributed by atoms with van der Waals surface area (Å²) in [5.41, 5.74) is 22.1. The molecule has 14 nitrogen and oxygen atoms in total. The lowest BCUT2D eigenvalue weighted by Crippen LogP contribution is -2.32. The number of nitrogens with two attached hydrogens (primary N) is 7. The van der Waals surface area contributed by atoms with E-state index >= 15 is 0 Å². The zero-order valence-electron chi connectivity index (χ0n) is 23.9. The lowest BCUT2D eigenvalue weighted by molar-refractivity contribution is 0.961. The minimum absolute atomic E-state index is 0.0998. The molecule has 0 amide bonds. The van der Waals surface area contributed by atoms with Gasteiger partial charge in [0.15, 0.2) is 11.7 Å². The van der Waals surface area contributed by atoms with Gasteiger partial charge in [-0.15, -0.1) is 0 Å². The molecular formula is C30H36N14. The van der Waals surface area contributed by atoms with Crippen molar-refractivity contribution in [3.8, 4) is 0 Å². The van der Waals surface area contributed by atoms with Crippen molar-refractivity contribution in [1.82, 2.24) is 16.3 Å². The second kappa shape index (κ2) is 14.3. The van der Waals surface area contributed by atoms with Crippen molar-refractivity contribution in [3.63, 3.8) is 0 Å². The summed E-state index contributed by atoms with van der Waals surface area (Å²) >= 11 is 0. The van der Waals surface area contributed by atoms with Crippen LogP contribution in [0, 0.1) is 5.41 Å². The van der Waals surface area contributed by atoms with Crippen LogP contribution in [0.5, 0.6) is 0 Å². The molecule has 0 aliphatic heterocycles. The van der Waals surface area contributed by atoms with Gasteiger partial charge in [-0.25, -0.2) is 17.5 Å². The molecule has 0 saturated carbocycles. The molecule has 1 aliphatic carbocycles. The van der Waals surface area contributed by atoms with Crippen LogP contribution in [0.2, 0.25) is 0 Å². The van der Waals surface area contributed by atoms with Crippen LogP contribution in [-0.2, 0) is 0 Å². The average Bonchev–Trinajstić information content (AvgIpc) is 3.08. The van der Waals surface area contributed by atoms with Gasteiger partial charge >= 0.3 is 0 Å². The molecule has 0 fully saturated rings. The zero-order chi connectivity index (χ0) is 31.6. The van der Waals surface area contributed by atoms with Crippen LogP contribution in [0.3, 0.4) is 0 Å². The van der Waals surface area contributed by atoms with Crippen LogP contribution in [0.4, 0.5) is 0 Å².